The summed E-state index contributed by atoms with van der Waals surface area (Å²) in [7, 11) is -4.17. The van der Waals surface area contributed by atoms with Gasteiger partial charge in [0.1, 0.15) is 6.10 Å². The van der Waals surface area contributed by atoms with Gasteiger partial charge in [-0.1, -0.05) is 44.2 Å². The van der Waals surface area contributed by atoms with E-state index >= 15 is 0 Å². The molecule has 2 heterocycles. The molecule has 0 bridgehead atoms. The summed E-state index contributed by atoms with van der Waals surface area (Å²) in [5, 5.41) is 24.5. The Morgan fingerprint density at radius 3 is 2.11 bits per heavy atom. The van der Waals surface area contributed by atoms with Gasteiger partial charge in [-0.15, -0.1) is 5.06 Å². The van der Waals surface area contributed by atoms with Crippen molar-refractivity contribution >= 4 is 63.2 Å². The van der Waals surface area contributed by atoms with Gasteiger partial charge in [0.15, 0.2) is 0 Å². The number of imide groups is 1. The van der Waals surface area contributed by atoms with Gasteiger partial charge in [-0.3, -0.25) is 28.8 Å². The first kappa shape index (κ1) is 50.7. The van der Waals surface area contributed by atoms with Crippen LogP contribution in [0.15, 0.2) is 59.5 Å². The van der Waals surface area contributed by atoms with Gasteiger partial charge in [0.05, 0.1) is 43.3 Å². The monoisotopic (exact) mass is 915 g/mol. The number of aliphatic hydroxyl groups is 1. The maximum Gasteiger partial charge on any atom is 0.407 e. The van der Waals surface area contributed by atoms with Crippen LogP contribution in [0.1, 0.15) is 70.8 Å². The van der Waals surface area contributed by atoms with Crippen LogP contribution in [0.3, 0.4) is 0 Å². The van der Waals surface area contributed by atoms with Crippen LogP contribution in [0.4, 0.5) is 10.5 Å². The van der Waals surface area contributed by atoms with Crippen molar-refractivity contribution in [2.45, 2.75) is 94.8 Å². The molecule has 2 fully saturated rings. The summed E-state index contributed by atoms with van der Waals surface area (Å²) in [6, 6.07) is 13.8. The van der Waals surface area contributed by atoms with Crippen LogP contribution in [0.2, 0.25) is 0 Å². The van der Waals surface area contributed by atoms with Crippen molar-refractivity contribution in [2.75, 3.05) is 51.3 Å². The van der Waals surface area contributed by atoms with Crippen LogP contribution in [-0.4, -0.2) is 135 Å². The SMILES string of the molecule is CC(C)CN(CC(O)C(Cc1ccccc1)NC(=O)OC1CCOC1)S(=O)(=O)c1ccc(NC(=O)CCCC(=O)NCC(=O)NCC(=O)NCCCC(=O)ON2C(=O)CCC2=O)cc1. The number of amides is 7. The van der Waals surface area contributed by atoms with Crippen LogP contribution in [0, 0.1) is 5.92 Å². The number of aliphatic hydroxyl groups excluding tert-OH is 1. The van der Waals surface area contributed by atoms with Gasteiger partial charge in [0.25, 0.3) is 11.8 Å². The van der Waals surface area contributed by atoms with Crippen LogP contribution in [0.25, 0.3) is 0 Å². The number of hydroxylamine groups is 2. The minimum absolute atomic E-state index is 0.0263. The van der Waals surface area contributed by atoms with Crippen molar-refractivity contribution in [2.24, 2.45) is 5.92 Å². The molecule has 2 saturated heterocycles. The molecule has 6 N–H and O–H groups in total. The molecule has 2 aromatic rings. The van der Waals surface area contributed by atoms with Crippen molar-refractivity contribution in [1.82, 2.24) is 30.6 Å². The second kappa shape index (κ2) is 25.4. The van der Waals surface area contributed by atoms with Crippen LogP contribution in [-0.2, 0) is 64.3 Å². The largest absolute Gasteiger partial charge is 0.444 e. The van der Waals surface area contributed by atoms with Crippen molar-refractivity contribution < 1.29 is 66.2 Å². The normalized spacial score (nSPS) is 16.0. The summed E-state index contributed by atoms with van der Waals surface area (Å²) in [5.74, 6) is -4.28. The molecule has 2 aliphatic heterocycles. The quantitative estimate of drug-likeness (QED) is 0.0590. The number of ether oxygens (including phenoxy) is 2. The fraction of sp³-hybridized carbons (Fsp3) is 0.524. The number of carbonyl (C=O) groups excluding carboxylic acids is 8. The fourth-order valence-corrected chi connectivity index (χ4v) is 8.06. The van der Waals surface area contributed by atoms with E-state index in [9.17, 15) is 51.9 Å². The molecular weight excluding hydrogens is 859 g/mol. The summed E-state index contributed by atoms with van der Waals surface area (Å²) in [5.41, 5.74) is 1.12. The Bertz CT molecular complexity index is 2030. The third-order valence-corrected chi connectivity index (χ3v) is 11.6. The van der Waals surface area contributed by atoms with Gasteiger partial charge >= 0.3 is 12.1 Å². The van der Waals surface area contributed by atoms with E-state index in [4.69, 9.17) is 14.3 Å². The standard InChI is InChI=1S/C42H57N7O14S/c1-28(2)25-48(26-34(50)33(22-29-8-4-3-5-9-29)47-42(58)62-31-19-21-61-27-31)64(59,60)32-15-13-30(14-16-32)46-36(52)11-6-10-35(51)44-24-38(54)45-23-37(53)43-20-7-12-41(57)63-49-39(55)17-18-40(49)56/h3-5,8-9,13-16,28,31,33-34,50H,6-7,10-12,17-27H2,1-2H3,(H,43,53)(H,44,51)(H,45,54)(H,46,52)(H,47,58). The van der Waals surface area contributed by atoms with Crippen LogP contribution < -0.4 is 26.6 Å². The Morgan fingerprint density at radius 1 is 0.828 bits per heavy atom. The summed E-state index contributed by atoms with van der Waals surface area (Å²) in [6.07, 6.45) is -1.83. The summed E-state index contributed by atoms with van der Waals surface area (Å²) < 4.78 is 39.8. The van der Waals surface area contributed by atoms with Gasteiger partial charge < -0.3 is 46.0 Å². The van der Waals surface area contributed by atoms with Gasteiger partial charge in [0, 0.05) is 63.8 Å². The van der Waals surface area contributed by atoms with Crippen LogP contribution >= 0.6 is 0 Å². The predicted molar refractivity (Wildman–Crippen MR) is 227 cm³/mol. The van der Waals surface area contributed by atoms with Gasteiger partial charge in [-0.05, 0) is 55.0 Å². The van der Waals surface area contributed by atoms with E-state index in [-0.39, 0.29) is 88.4 Å². The lowest BCUT2D eigenvalue weighted by atomic mass is 10.0. The van der Waals surface area contributed by atoms with Crippen LogP contribution in [0.5, 0.6) is 0 Å². The average molecular weight is 916 g/mol. The number of anilines is 1. The van der Waals surface area contributed by atoms with E-state index in [0.717, 1.165) is 9.87 Å². The average Bonchev–Trinajstić information content (AvgIpc) is 3.88. The topological polar surface area (TPSA) is 285 Å². The second-order valence-electron chi connectivity index (χ2n) is 15.6. The van der Waals surface area contributed by atoms with Gasteiger partial charge in [-0.2, -0.15) is 4.31 Å². The van der Waals surface area contributed by atoms with Crippen molar-refractivity contribution in [3.8, 4) is 0 Å². The molecule has 350 valence electrons. The maximum absolute atomic E-state index is 14.0. The second-order valence-corrected chi connectivity index (χ2v) is 17.5. The lowest BCUT2D eigenvalue weighted by molar-refractivity contribution is -0.197. The molecule has 0 saturated carbocycles. The molecule has 0 aromatic heterocycles. The minimum Gasteiger partial charge on any atom is -0.444 e. The summed E-state index contributed by atoms with van der Waals surface area (Å²) in [6.45, 7) is 3.38. The molecule has 64 heavy (non-hydrogen) atoms. The lowest BCUT2D eigenvalue weighted by Crippen LogP contribution is -2.51. The number of alkyl carbamates (subject to hydrolysis) is 1. The zero-order chi connectivity index (χ0) is 46.6. The first-order valence-electron chi connectivity index (χ1n) is 21.0. The van der Waals surface area contributed by atoms with Gasteiger partial charge in [-0.25, -0.2) is 18.0 Å². The van der Waals surface area contributed by atoms with E-state index < -0.39 is 88.9 Å². The van der Waals surface area contributed by atoms with E-state index in [0.29, 0.717) is 23.8 Å². The maximum atomic E-state index is 14.0. The minimum atomic E-state index is -4.17. The number of rotatable bonds is 25. The zero-order valence-corrected chi connectivity index (χ0v) is 36.7. The molecule has 7 amide bonds. The first-order chi connectivity index (χ1) is 30.5. The number of carbonyl (C=O) groups is 8. The molecule has 0 spiro atoms. The Labute approximate surface area is 371 Å². The van der Waals surface area contributed by atoms with E-state index in [1.54, 1.807) is 0 Å². The highest BCUT2D eigenvalue weighted by Gasteiger charge is 2.34. The van der Waals surface area contributed by atoms with Gasteiger partial charge in [0.2, 0.25) is 33.7 Å². The first-order valence-corrected chi connectivity index (χ1v) is 22.5. The third kappa shape index (κ3) is 17.3. The van der Waals surface area contributed by atoms with Crippen molar-refractivity contribution in [3.63, 3.8) is 0 Å². The lowest BCUT2D eigenvalue weighted by Gasteiger charge is -2.30. The number of benzene rings is 2. The Balaban J connectivity index is 1.16. The molecule has 21 nitrogen and oxygen atoms in total. The summed E-state index contributed by atoms with van der Waals surface area (Å²) >= 11 is 0. The Kier molecular flexibility index (Phi) is 20.1. The molecule has 2 aliphatic rings. The molecule has 2 aromatic carbocycles. The smallest absolute Gasteiger partial charge is 0.407 e. The van der Waals surface area contributed by atoms with E-state index in [2.05, 4.69) is 26.6 Å². The van der Waals surface area contributed by atoms with Crippen molar-refractivity contribution in [1.29, 1.82) is 0 Å². The molecular formula is C42H57N7O14S. The number of sulfonamides is 1. The fourth-order valence-electron chi connectivity index (χ4n) is 6.44. The molecule has 22 heteroatoms. The zero-order valence-electron chi connectivity index (χ0n) is 35.9. The van der Waals surface area contributed by atoms with E-state index in [1.165, 1.54) is 24.3 Å². The highest BCUT2D eigenvalue weighted by atomic mass is 32.2. The molecule has 0 aliphatic carbocycles. The molecule has 4 rings (SSSR count). The Hall–Kier alpha value is -5.97. The third-order valence-electron chi connectivity index (χ3n) is 9.74. The number of nitrogens with one attached hydrogen (secondary N) is 5. The predicted octanol–water partition coefficient (Wildman–Crippen LogP) is 0.665. The molecule has 3 atom stereocenters. The Morgan fingerprint density at radius 2 is 1.47 bits per heavy atom. The number of nitrogens with zero attached hydrogens (tertiary/aromatic N) is 2. The van der Waals surface area contributed by atoms with E-state index in [1.807, 2.05) is 44.2 Å². The number of hydrogen-bond acceptors (Lipinski definition) is 14. The summed E-state index contributed by atoms with van der Waals surface area (Å²) in [4.78, 5) is 101. The molecule has 3 unspecified atom stereocenters. The van der Waals surface area contributed by atoms with Crippen molar-refractivity contribution in [3.05, 3.63) is 60.2 Å². The number of hydrogen-bond donors (Lipinski definition) is 6. The highest BCUT2D eigenvalue weighted by molar-refractivity contribution is 7.89. The molecule has 0 radical (unpaired) electrons. The highest BCUT2D eigenvalue weighted by Crippen LogP contribution is 2.22.